The van der Waals surface area contributed by atoms with Gasteiger partial charge < -0.3 is 44.8 Å². The predicted molar refractivity (Wildman–Crippen MR) is 138 cm³/mol. The highest BCUT2D eigenvalue weighted by Crippen LogP contribution is 2.28. The van der Waals surface area contributed by atoms with Crippen LogP contribution in [0.25, 0.3) is 12.2 Å². The summed E-state index contributed by atoms with van der Waals surface area (Å²) in [4.78, 5) is 74.0. The van der Waals surface area contributed by atoms with Crippen LogP contribution in [-0.2, 0) is 43.0 Å². The smallest absolute Gasteiger partial charge is 0.359 e. The number of ketones is 1. The second-order valence-electron chi connectivity index (χ2n) is 8.36. The molecule has 2 atom stereocenters. The molecular weight excluding hydrogens is 564 g/mol. The normalized spacial score (nSPS) is 13.2. The Balaban J connectivity index is 2.39. The van der Waals surface area contributed by atoms with Gasteiger partial charge in [0.25, 0.3) is 5.60 Å². The monoisotopic (exact) mass is 588 g/mol. The second kappa shape index (κ2) is 14.0. The maximum atomic E-state index is 13.1. The maximum absolute atomic E-state index is 13.1. The van der Waals surface area contributed by atoms with Crippen LogP contribution in [0.5, 0.6) is 23.0 Å². The molecule has 2 unspecified atom stereocenters. The predicted octanol–water partition coefficient (Wildman–Crippen LogP) is 1.12. The minimum Gasteiger partial charge on any atom is -0.504 e. The molecule has 42 heavy (non-hydrogen) atoms. The molecule has 15 heteroatoms. The van der Waals surface area contributed by atoms with E-state index in [4.69, 9.17) is 9.47 Å². The SMILES string of the molecule is COC(=O)C(CC(=O)O)(OC(=O)C(CC(=O)O)OC(=O)C=Cc1ccc(O)c(O)c1)C(=O)C=Cc1ccc(O)c(O)c1. The number of ether oxygens (including phenoxy) is 3. The highest BCUT2D eigenvalue weighted by Gasteiger charge is 2.53. The van der Waals surface area contributed by atoms with Gasteiger partial charge in [-0.25, -0.2) is 14.4 Å². The molecule has 15 nitrogen and oxygen atoms in total. The number of carboxylic acids is 2. The molecule has 0 aliphatic heterocycles. The lowest BCUT2D eigenvalue weighted by Gasteiger charge is -2.28. The number of rotatable bonds is 13. The van der Waals surface area contributed by atoms with Crippen molar-refractivity contribution in [2.24, 2.45) is 0 Å². The van der Waals surface area contributed by atoms with Crippen molar-refractivity contribution in [2.75, 3.05) is 7.11 Å². The van der Waals surface area contributed by atoms with E-state index in [1.54, 1.807) is 0 Å². The van der Waals surface area contributed by atoms with E-state index in [0.29, 0.717) is 6.08 Å². The molecule has 0 bridgehead atoms. The van der Waals surface area contributed by atoms with Gasteiger partial charge in [0.2, 0.25) is 11.9 Å². The van der Waals surface area contributed by atoms with Gasteiger partial charge >= 0.3 is 29.8 Å². The fraction of sp³-hybridized carbons (Fsp3) is 0.185. The topological polar surface area (TPSA) is 251 Å². The van der Waals surface area contributed by atoms with Gasteiger partial charge in [-0.3, -0.25) is 14.4 Å². The molecule has 0 saturated heterocycles. The lowest BCUT2D eigenvalue weighted by Crippen LogP contribution is -2.53. The number of hydrogen-bond donors (Lipinski definition) is 6. The summed E-state index contributed by atoms with van der Waals surface area (Å²) in [5, 5.41) is 56.5. The summed E-state index contributed by atoms with van der Waals surface area (Å²) in [7, 11) is 0.752. The van der Waals surface area contributed by atoms with Gasteiger partial charge in [-0.05, 0) is 47.5 Å². The first kappa shape index (κ1) is 32.4. The van der Waals surface area contributed by atoms with Gasteiger partial charge in [0, 0.05) is 6.08 Å². The quantitative estimate of drug-likeness (QED) is 0.0630. The van der Waals surface area contributed by atoms with Gasteiger partial charge in [-0.1, -0.05) is 18.2 Å². The van der Waals surface area contributed by atoms with E-state index in [0.717, 1.165) is 49.6 Å². The second-order valence-corrected chi connectivity index (χ2v) is 8.36. The molecular formula is C27H24O15. The van der Waals surface area contributed by atoms with Crippen molar-refractivity contribution in [3.05, 3.63) is 59.7 Å². The molecule has 0 spiro atoms. The Bertz CT molecular complexity index is 1460. The highest BCUT2D eigenvalue weighted by atomic mass is 16.6. The van der Waals surface area contributed by atoms with Gasteiger partial charge in [-0.15, -0.1) is 0 Å². The first-order valence-corrected chi connectivity index (χ1v) is 11.6. The van der Waals surface area contributed by atoms with Crippen molar-refractivity contribution in [3.8, 4) is 23.0 Å². The summed E-state index contributed by atoms with van der Waals surface area (Å²) in [5.74, 6) is -11.7. The van der Waals surface area contributed by atoms with E-state index in [1.165, 1.54) is 12.1 Å². The first-order valence-electron chi connectivity index (χ1n) is 11.6. The average Bonchev–Trinajstić information content (AvgIpc) is 2.92. The van der Waals surface area contributed by atoms with Crippen molar-refractivity contribution in [2.45, 2.75) is 24.5 Å². The molecule has 2 aromatic rings. The lowest BCUT2D eigenvalue weighted by molar-refractivity contribution is -0.193. The Morgan fingerprint density at radius 1 is 0.786 bits per heavy atom. The van der Waals surface area contributed by atoms with Crippen molar-refractivity contribution in [1.29, 1.82) is 0 Å². The first-order chi connectivity index (χ1) is 19.7. The fourth-order valence-corrected chi connectivity index (χ4v) is 3.27. The van der Waals surface area contributed by atoms with Crippen LogP contribution in [0.1, 0.15) is 24.0 Å². The molecule has 0 fully saturated rings. The molecule has 0 saturated carbocycles. The van der Waals surface area contributed by atoms with Gasteiger partial charge in [0.05, 0.1) is 13.5 Å². The minimum absolute atomic E-state index is 0.0884. The van der Waals surface area contributed by atoms with E-state index in [9.17, 15) is 59.4 Å². The summed E-state index contributed by atoms with van der Waals surface area (Å²) >= 11 is 0. The van der Waals surface area contributed by atoms with Crippen LogP contribution >= 0.6 is 0 Å². The molecule has 0 amide bonds. The molecule has 0 radical (unpaired) electrons. The van der Waals surface area contributed by atoms with Crippen LogP contribution in [0, 0.1) is 0 Å². The molecule has 0 aliphatic carbocycles. The van der Waals surface area contributed by atoms with Crippen molar-refractivity contribution < 1.29 is 73.6 Å². The van der Waals surface area contributed by atoms with Crippen LogP contribution in [0.2, 0.25) is 0 Å². The van der Waals surface area contributed by atoms with E-state index in [1.807, 2.05) is 0 Å². The fourth-order valence-electron chi connectivity index (χ4n) is 3.27. The van der Waals surface area contributed by atoms with Crippen molar-refractivity contribution in [1.82, 2.24) is 0 Å². The number of phenolic OH excluding ortho intramolecular Hbond substituents is 4. The molecule has 0 aromatic heterocycles. The Morgan fingerprint density at radius 2 is 1.31 bits per heavy atom. The number of carbonyl (C=O) groups excluding carboxylic acids is 4. The largest absolute Gasteiger partial charge is 0.504 e. The van der Waals surface area contributed by atoms with E-state index < -0.39 is 83.2 Å². The zero-order valence-corrected chi connectivity index (χ0v) is 21.6. The number of esters is 3. The number of methoxy groups -OCH3 is 1. The van der Waals surface area contributed by atoms with E-state index >= 15 is 0 Å². The van der Waals surface area contributed by atoms with Crippen LogP contribution in [0.4, 0.5) is 0 Å². The number of aliphatic carboxylic acids is 2. The standard InChI is InChI=1S/C27H24O15/c1-40-26(39)27(13-23(35)36,21(32)8-4-14-2-6-16(28)18(30)10-14)42-25(38)20(12-22(33)34)41-24(37)9-5-15-3-7-17(29)19(31)11-15/h2-11,20,28-31H,12-13H2,1H3,(H,33,34)(H,35,36). The third kappa shape index (κ3) is 8.57. The molecule has 2 aromatic carbocycles. The van der Waals surface area contributed by atoms with Crippen LogP contribution in [0.3, 0.4) is 0 Å². The molecule has 222 valence electrons. The Morgan fingerprint density at radius 3 is 1.76 bits per heavy atom. The Hall–Kier alpha value is -5.86. The number of aromatic hydroxyl groups is 4. The summed E-state index contributed by atoms with van der Waals surface area (Å²) < 4.78 is 14.3. The molecule has 0 heterocycles. The molecule has 0 aliphatic rings. The van der Waals surface area contributed by atoms with E-state index in [2.05, 4.69) is 4.74 Å². The van der Waals surface area contributed by atoms with Gasteiger partial charge in [-0.2, -0.15) is 0 Å². The lowest BCUT2D eigenvalue weighted by atomic mass is 9.92. The van der Waals surface area contributed by atoms with Crippen LogP contribution in [-0.4, -0.2) is 85.1 Å². The Kier molecular flexibility index (Phi) is 10.8. The summed E-state index contributed by atoms with van der Waals surface area (Å²) in [6.07, 6.45) is -1.59. The molecule has 2 rings (SSSR count). The van der Waals surface area contributed by atoms with Crippen molar-refractivity contribution in [3.63, 3.8) is 0 Å². The highest BCUT2D eigenvalue weighted by molar-refractivity contribution is 6.16. The summed E-state index contributed by atoms with van der Waals surface area (Å²) in [5.41, 5.74) is -2.93. The maximum Gasteiger partial charge on any atom is 0.359 e. The van der Waals surface area contributed by atoms with Crippen LogP contribution < -0.4 is 0 Å². The summed E-state index contributed by atoms with van der Waals surface area (Å²) in [6.45, 7) is 0. The van der Waals surface area contributed by atoms with E-state index in [-0.39, 0.29) is 11.1 Å². The third-order valence-corrected chi connectivity index (χ3v) is 5.31. The number of carbonyl (C=O) groups is 6. The number of benzene rings is 2. The number of hydrogen-bond acceptors (Lipinski definition) is 13. The zero-order chi connectivity index (χ0) is 31.6. The molecule has 6 N–H and O–H groups in total. The summed E-state index contributed by atoms with van der Waals surface area (Å²) in [6, 6.07) is 6.77. The average molecular weight is 588 g/mol. The number of carboxylic acid groups (broad SMARTS) is 2. The van der Waals surface area contributed by atoms with Gasteiger partial charge in [0.1, 0.15) is 6.42 Å². The zero-order valence-electron chi connectivity index (χ0n) is 21.6. The third-order valence-electron chi connectivity index (χ3n) is 5.31. The number of phenols is 4. The van der Waals surface area contributed by atoms with Crippen LogP contribution in [0.15, 0.2) is 48.6 Å². The minimum atomic E-state index is -3.20. The van der Waals surface area contributed by atoms with Crippen molar-refractivity contribution >= 4 is 47.8 Å². The Labute approximate surface area is 236 Å². The van der Waals surface area contributed by atoms with Gasteiger partial charge in [0.15, 0.2) is 23.0 Å².